The van der Waals surface area contributed by atoms with Crippen molar-refractivity contribution in [2.24, 2.45) is 11.3 Å². The highest BCUT2D eigenvalue weighted by Crippen LogP contribution is 2.43. The molecule has 0 spiro atoms. The number of carbonyl (C=O) groups is 1. The van der Waals surface area contributed by atoms with E-state index in [1.807, 2.05) is 0 Å². The van der Waals surface area contributed by atoms with Crippen LogP contribution in [0.25, 0.3) is 0 Å². The molecular formula is C16H25N3O6S. The van der Waals surface area contributed by atoms with Crippen LogP contribution >= 0.6 is 0 Å². The minimum atomic E-state index is -3.33. The Morgan fingerprint density at radius 3 is 2.81 bits per heavy atom. The maximum Gasteiger partial charge on any atom is 0.276 e. The van der Waals surface area contributed by atoms with E-state index in [0.717, 1.165) is 0 Å². The molecule has 146 valence electrons. The standard InChI is InChI=1S/C16H25N3O6S/c1-11-13(7-24-2)14(17-25-11)15(21)18-5-4-12-6-19(26(3,22)23)9-16(12,8-18)10-20/h12,20H,4-10H2,1-3H3/t12-,16+/m1/s1. The van der Waals surface area contributed by atoms with E-state index in [1.54, 1.807) is 11.8 Å². The molecule has 0 unspecified atom stereocenters. The lowest BCUT2D eigenvalue weighted by Gasteiger charge is -2.42. The van der Waals surface area contributed by atoms with Gasteiger partial charge >= 0.3 is 0 Å². The normalized spacial score (nSPS) is 26.9. The molecule has 10 heteroatoms. The molecule has 1 amide bonds. The lowest BCUT2D eigenvalue weighted by atomic mass is 9.74. The zero-order valence-electron chi connectivity index (χ0n) is 15.3. The van der Waals surface area contributed by atoms with Gasteiger partial charge in [0.15, 0.2) is 5.69 Å². The Kier molecular flexibility index (Phi) is 5.13. The molecule has 9 nitrogen and oxygen atoms in total. The number of amides is 1. The molecule has 2 atom stereocenters. The lowest BCUT2D eigenvalue weighted by molar-refractivity contribution is 0.0123. The number of likely N-dealkylation sites (tertiary alicyclic amines) is 1. The quantitative estimate of drug-likeness (QED) is 0.747. The van der Waals surface area contributed by atoms with Crippen LogP contribution in [0.2, 0.25) is 0 Å². The smallest absolute Gasteiger partial charge is 0.276 e. The highest BCUT2D eigenvalue weighted by Gasteiger charge is 2.52. The van der Waals surface area contributed by atoms with Gasteiger partial charge in [0, 0.05) is 38.7 Å². The molecule has 0 saturated carbocycles. The van der Waals surface area contributed by atoms with Gasteiger partial charge in [-0.1, -0.05) is 5.16 Å². The summed E-state index contributed by atoms with van der Waals surface area (Å²) in [5.74, 6) is 0.285. The molecule has 0 radical (unpaired) electrons. The van der Waals surface area contributed by atoms with Gasteiger partial charge in [0.25, 0.3) is 5.91 Å². The van der Waals surface area contributed by atoms with Gasteiger partial charge in [-0.05, 0) is 19.3 Å². The molecule has 1 aromatic rings. The van der Waals surface area contributed by atoms with E-state index in [1.165, 1.54) is 17.7 Å². The van der Waals surface area contributed by atoms with Crippen molar-refractivity contribution in [3.63, 3.8) is 0 Å². The highest BCUT2D eigenvalue weighted by molar-refractivity contribution is 7.88. The Labute approximate surface area is 152 Å². The summed E-state index contributed by atoms with van der Waals surface area (Å²) in [7, 11) is -1.80. The van der Waals surface area contributed by atoms with Crippen molar-refractivity contribution in [1.82, 2.24) is 14.4 Å². The fourth-order valence-corrected chi connectivity index (χ4v) is 4.95. The summed E-state index contributed by atoms with van der Waals surface area (Å²) < 4.78 is 35.5. The topological polar surface area (TPSA) is 113 Å². The number of hydrogen-bond acceptors (Lipinski definition) is 7. The van der Waals surface area contributed by atoms with Gasteiger partial charge < -0.3 is 19.3 Å². The number of aliphatic hydroxyl groups is 1. The Balaban J connectivity index is 1.83. The number of aliphatic hydroxyl groups excluding tert-OH is 1. The summed E-state index contributed by atoms with van der Waals surface area (Å²) in [5.41, 5.74) is 0.188. The number of carbonyl (C=O) groups excluding carboxylic acids is 1. The van der Waals surface area contributed by atoms with Crippen molar-refractivity contribution in [2.75, 3.05) is 46.2 Å². The van der Waals surface area contributed by atoms with E-state index in [4.69, 9.17) is 9.26 Å². The van der Waals surface area contributed by atoms with Crippen molar-refractivity contribution >= 4 is 15.9 Å². The number of sulfonamides is 1. The van der Waals surface area contributed by atoms with Crippen LogP contribution in [-0.2, 0) is 21.4 Å². The molecule has 0 aromatic carbocycles. The highest BCUT2D eigenvalue weighted by atomic mass is 32.2. The number of aryl methyl sites for hydroxylation is 1. The van der Waals surface area contributed by atoms with Crippen LogP contribution < -0.4 is 0 Å². The van der Waals surface area contributed by atoms with Crippen LogP contribution in [0.3, 0.4) is 0 Å². The SMILES string of the molecule is COCc1c(C(=O)N2CC[C@@H]3CN(S(C)(=O)=O)C[C@]3(CO)C2)noc1C. The van der Waals surface area contributed by atoms with Crippen molar-refractivity contribution in [3.05, 3.63) is 17.0 Å². The van der Waals surface area contributed by atoms with E-state index in [9.17, 15) is 18.3 Å². The van der Waals surface area contributed by atoms with Crippen molar-refractivity contribution < 1.29 is 27.6 Å². The molecule has 3 heterocycles. The first-order chi connectivity index (χ1) is 12.2. The number of methoxy groups -OCH3 is 1. The average Bonchev–Trinajstić information content (AvgIpc) is 3.16. The third-order valence-corrected chi connectivity index (χ3v) is 6.80. The zero-order chi connectivity index (χ0) is 19.1. The van der Waals surface area contributed by atoms with E-state index >= 15 is 0 Å². The molecular weight excluding hydrogens is 362 g/mol. The predicted molar refractivity (Wildman–Crippen MR) is 91.9 cm³/mol. The lowest BCUT2D eigenvalue weighted by Crippen LogP contribution is -2.52. The molecule has 1 N–H and O–H groups in total. The van der Waals surface area contributed by atoms with E-state index in [2.05, 4.69) is 5.16 Å². The van der Waals surface area contributed by atoms with Crippen LogP contribution in [0.1, 0.15) is 28.2 Å². The van der Waals surface area contributed by atoms with Gasteiger partial charge in [-0.25, -0.2) is 12.7 Å². The van der Waals surface area contributed by atoms with Crippen LogP contribution in [-0.4, -0.2) is 79.9 Å². The average molecular weight is 387 g/mol. The first kappa shape index (κ1) is 19.3. The summed E-state index contributed by atoms with van der Waals surface area (Å²) >= 11 is 0. The third kappa shape index (κ3) is 3.26. The minimum Gasteiger partial charge on any atom is -0.396 e. The molecule has 26 heavy (non-hydrogen) atoms. The number of fused-ring (bicyclic) bond motifs is 1. The maximum atomic E-state index is 13.0. The van der Waals surface area contributed by atoms with Crippen LogP contribution in [0.15, 0.2) is 4.52 Å². The van der Waals surface area contributed by atoms with Crippen molar-refractivity contribution in [3.8, 4) is 0 Å². The van der Waals surface area contributed by atoms with Crippen molar-refractivity contribution in [2.45, 2.75) is 20.0 Å². The molecule has 1 aromatic heterocycles. The fraction of sp³-hybridized carbons (Fsp3) is 0.750. The molecule has 0 bridgehead atoms. The molecule has 3 rings (SSSR count). The number of ether oxygens (including phenoxy) is 1. The van der Waals surface area contributed by atoms with Crippen LogP contribution in [0.4, 0.5) is 0 Å². The van der Waals surface area contributed by atoms with E-state index < -0.39 is 15.4 Å². The van der Waals surface area contributed by atoms with Gasteiger partial charge in [-0.15, -0.1) is 0 Å². The number of aromatic nitrogens is 1. The molecule has 2 aliphatic rings. The van der Waals surface area contributed by atoms with Crippen molar-refractivity contribution in [1.29, 1.82) is 0 Å². The summed E-state index contributed by atoms with van der Waals surface area (Å²) in [6, 6.07) is 0. The number of rotatable bonds is 5. The summed E-state index contributed by atoms with van der Waals surface area (Å²) in [6.07, 6.45) is 1.81. The number of hydrogen-bond donors (Lipinski definition) is 1. The van der Waals surface area contributed by atoms with E-state index in [-0.39, 0.29) is 43.8 Å². The molecule has 2 aliphatic heterocycles. The van der Waals surface area contributed by atoms with Crippen LogP contribution in [0, 0.1) is 18.3 Å². The first-order valence-corrected chi connectivity index (χ1v) is 10.4. The Bertz CT molecular complexity index is 792. The number of piperidine rings is 1. The minimum absolute atomic E-state index is 0.0313. The molecule has 2 fully saturated rings. The largest absolute Gasteiger partial charge is 0.396 e. The van der Waals surface area contributed by atoms with Gasteiger partial charge in [0.2, 0.25) is 10.0 Å². The summed E-state index contributed by atoms with van der Waals surface area (Å²) in [5, 5.41) is 13.9. The first-order valence-electron chi connectivity index (χ1n) is 8.51. The van der Waals surface area contributed by atoms with Gasteiger partial charge in [-0.2, -0.15) is 0 Å². The second-order valence-electron chi connectivity index (χ2n) is 7.29. The summed E-state index contributed by atoms with van der Waals surface area (Å²) in [6.45, 7) is 3.16. The Morgan fingerprint density at radius 2 is 2.19 bits per heavy atom. The van der Waals surface area contributed by atoms with E-state index in [0.29, 0.717) is 30.8 Å². The van der Waals surface area contributed by atoms with Gasteiger partial charge in [0.1, 0.15) is 5.76 Å². The van der Waals surface area contributed by atoms with Gasteiger partial charge in [-0.3, -0.25) is 4.79 Å². The van der Waals surface area contributed by atoms with Gasteiger partial charge in [0.05, 0.1) is 25.0 Å². The predicted octanol–water partition coefficient (Wildman–Crippen LogP) is -0.155. The third-order valence-electron chi connectivity index (χ3n) is 5.58. The monoisotopic (exact) mass is 387 g/mol. The molecule has 2 saturated heterocycles. The van der Waals surface area contributed by atoms with Crippen LogP contribution in [0.5, 0.6) is 0 Å². The fourth-order valence-electron chi connectivity index (χ4n) is 4.01. The second kappa shape index (κ2) is 6.91. The summed E-state index contributed by atoms with van der Waals surface area (Å²) in [4.78, 5) is 14.6. The molecule has 0 aliphatic carbocycles. The second-order valence-corrected chi connectivity index (χ2v) is 9.27. The Morgan fingerprint density at radius 1 is 1.46 bits per heavy atom. The Hall–Kier alpha value is -1.49. The maximum absolute atomic E-state index is 13.0. The zero-order valence-corrected chi connectivity index (χ0v) is 16.1. The number of nitrogens with zero attached hydrogens (tertiary/aromatic N) is 3.